The Hall–Kier alpha value is -2.57. The van der Waals surface area contributed by atoms with E-state index in [1.807, 2.05) is 35.2 Å². The Balaban J connectivity index is 0.00000261. The zero-order chi connectivity index (χ0) is 18.4. The Morgan fingerprint density at radius 2 is 1.78 bits per heavy atom. The lowest BCUT2D eigenvalue weighted by molar-refractivity contribution is -0.132. The van der Waals surface area contributed by atoms with Gasteiger partial charge in [-0.1, -0.05) is 36.4 Å². The smallest absolute Gasteiger partial charge is 0.260 e. The number of hydrogen-bond acceptors (Lipinski definition) is 4. The zero-order valence-corrected chi connectivity index (χ0v) is 15.8. The van der Waals surface area contributed by atoms with Crippen LogP contribution in [0.3, 0.4) is 0 Å². The van der Waals surface area contributed by atoms with E-state index < -0.39 is 6.04 Å². The molecule has 2 amide bonds. The monoisotopic (exact) mass is 389 g/mol. The van der Waals surface area contributed by atoms with Crippen LogP contribution in [0.15, 0.2) is 54.6 Å². The fourth-order valence-corrected chi connectivity index (χ4v) is 2.90. The molecule has 2 aromatic rings. The summed E-state index contributed by atoms with van der Waals surface area (Å²) in [6.45, 7) is 1.60. The quantitative estimate of drug-likeness (QED) is 0.795. The number of benzene rings is 2. The van der Waals surface area contributed by atoms with Gasteiger partial charge in [0.1, 0.15) is 11.8 Å². The number of nitrogens with one attached hydrogen (secondary N) is 1. The minimum Gasteiger partial charge on any atom is -0.484 e. The first-order valence-electron chi connectivity index (χ1n) is 8.75. The van der Waals surface area contributed by atoms with Crippen LogP contribution >= 0.6 is 12.4 Å². The second-order valence-electron chi connectivity index (χ2n) is 6.28. The molecule has 1 atom stereocenters. The van der Waals surface area contributed by atoms with Gasteiger partial charge in [0.25, 0.3) is 5.91 Å². The second-order valence-corrected chi connectivity index (χ2v) is 6.28. The van der Waals surface area contributed by atoms with Crippen LogP contribution in [0, 0.1) is 0 Å². The molecule has 0 spiro atoms. The van der Waals surface area contributed by atoms with Gasteiger partial charge < -0.3 is 20.7 Å². The lowest BCUT2D eigenvalue weighted by Gasteiger charge is -2.16. The van der Waals surface area contributed by atoms with Crippen molar-refractivity contribution in [1.29, 1.82) is 0 Å². The molecule has 0 radical (unpaired) electrons. The molecule has 0 saturated carbocycles. The van der Waals surface area contributed by atoms with Gasteiger partial charge >= 0.3 is 0 Å². The highest BCUT2D eigenvalue weighted by atomic mass is 35.5. The van der Waals surface area contributed by atoms with Crippen molar-refractivity contribution in [3.63, 3.8) is 0 Å². The van der Waals surface area contributed by atoms with Crippen LogP contribution in [0.2, 0.25) is 0 Å². The van der Waals surface area contributed by atoms with E-state index in [1.54, 1.807) is 24.3 Å². The Morgan fingerprint density at radius 3 is 2.48 bits per heavy atom. The molecule has 1 saturated heterocycles. The van der Waals surface area contributed by atoms with Gasteiger partial charge in [-0.05, 0) is 30.5 Å². The molecule has 0 aromatic heterocycles. The number of anilines is 1. The summed E-state index contributed by atoms with van der Waals surface area (Å²) in [5, 5.41) is 2.78. The third-order valence-corrected chi connectivity index (χ3v) is 4.36. The van der Waals surface area contributed by atoms with E-state index in [1.165, 1.54) is 0 Å². The van der Waals surface area contributed by atoms with Crippen LogP contribution in [0.1, 0.15) is 24.4 Å². The summed E-state index contributed by atoms with van der Waals surface area (Å²) in [6.07, 6.45) is 2.10. The molecule has 2 aromatic carbocycles. The van der Waals surface area contributed by atoms with Crippen LogP contribution in [-0.2, 0) is 9.59 Å². The molecule has 1 aliphatic rings. The summed E-state index contributed by atoms with van der Waals surface area (Å²) in [4.78, 5) is 26.2. The van der Waals surface area contributed by atoms with Crippen LogP contribution in [0.5, 0.6) is 5.75 Å². The number of likely N-dealkylation sites (tertiary alicyclic amines) is 1. The molecular formula is C20H24ClN3O3. The van der Waals surface area contributed by atoms with Gasteiger partial charge in [-0.15, -0.1) is 12.4 Å². The highest BCUT2D eigenvalue weighted by molar-refractivity contribution is 5.95. The van der Waals surface area contributed by atoms with Gasteiger partial charge in [0.05, 0.1) is 0 Å². The summed E-state index contributed by atoms with van der Waals surface area (Å²) >= 11 is 0. The van der Waals surface area contributed by atoms with E-state index in [4.69, 9.17) is 10.5 Å². The Labute approximate surface area is 165 Å². The summed E-state index contributed by atoms with van der Waals surface area (Å²) in [7, 11) is 0. The predicted molar refractivity (Wildman–Crippen MR) is 107 cm³/mol. The van der Waals surface area contributed by atoms with Crippen molar-refractivity contribution < 1.29 is 14.3 Å². The fourth-order valence-electron chi connectivity index (χ4n) is 2.90. The fraction of sp³-hybridized carbons (Fsp3) is 0.300. The van der Waals surface area contributed by atoms with E-state index in [9.17, 15) is 9.59 Å². The number of carbonyl (C=O) groups excluding carboxylic acids is 2. The lowest BCUT2D eigenvalue weighted by Crippen LogP contribution is -2.32. The van der Waals surface area contributed by atoms with E-state index in [0.29, 0.717) is 11.4 Å². The number of amides is 2. The Morgan fingerprint density at radius 1 is 1.07 bits per heavy atom. The largest absolute Gasteiger partial charge is 0.484 e. The molecule has 0 bridgehead atoms. The van der Waals surface area contributed by atoms with Gasteiger partial charge in [0.15, 0.2) is 6.61 Å². The highest BCUT2D eigenvalue weighted by Gasteiger charge is 2.18. The minimum atomic E-state index is -0.752. The number of rotatable bonds is 6. The molecule has 1 aliphatic heterocycles. The molecule has 1 heterocycles. The topological polar surface area (TPSA) is 84.7 Å². The van der Waals surface area contributed by atoms with Crippen molar-refractivity contribution in [2.45, 2.75) is 18.9 Å². The van der Waals surface area contributed by atoms with Crippen LogP contribution in [-0.4, -0.2) is 36.4 Å². The maximum absolute atomic E-state index is 12.3. The summed E-state index contributed by atoms with van der Waals surface area (Å²) < 4.78 is 5.57. The number of ether oxygens (including phenoxy) is 1. The molecule has 6 nitrogen and oxygen atoms in total. The molecule has 1 fully saturated rings. The van der Waals surface area contributed by atoms with Gasteiger partial charge in [-0.3, -0.25) is 9.59 Å². The summed E-state index contributed by atoms with van der Waals surface area (Å²) in [5.74, 6) is 0.216. The number of nitrogens with two attached hydrogens (primary N) is 1. The van der Waals surface area contributed by atoms with Gasteiger partial charge in [-0.25, -0.2) is 0 Å². The maximum Gasteiger partial charge on any atom is 0.260 e. The van der Waals surface area contributed by atoms with E-state index in [-0.39, 0.29) is 30.8 Å². The van der Waals surface area contributed by atoms with Crippen molar-refractivity contribution in [3.05, 3.63) is 60.2 Å². The number of hydrogen-bond donors (Lipinski definition) is 2. The average Bonchev–Trinajstić information content (AvgIpc) is 3.21. The average molecular weight is 390 g/mol. The third kappa shape index (κ3) is 5.70. The van der Waals surface area contributed by atoms with E-state index in [0.717, 1.165) is 31.5 Å². The molecule has 1 unspecified atom stereocenters. The van der Waals surface area contributed by atoms with Crippen molar-refractivity contribution in [2.75, 3.05) is 25.0 Å². The summed E-state index contributed by atoms with van der Waals surface area (Å²) in [6, 6.07) is 15.4. The molecule has 27 heavy (non-hydrogen) atoms. The van der Waals surface area contributed by atoms with Crippen LogP contribution in [0.4, 0.5) is 5.69 Å². The van der Waals surface area contributed by atoms with Gasteiger partial charge in [-0.2, -0.15) is 0 Å². The molecule has 144 valence electrons. The third-order valence-electron chi connectivity index (χ3n) is 4.36. The Bertz CT molecular complexity index is 764. The first-order valence-corrected chi connectivity index (χ1v) is 8.75. The molecule has 3 rings (SSSR count). The first-order chi connectivity index (χ1) is 12.6. The molecule has 0 aliphatic carbocycles. The lowest BCUT2D eigenvalue weighted by atomic mass is 10.1. The van der Waals surface area contributed by atoms with E-state index >= 15 is 0 Å². The number of halogens is 1. The highest BCUT2D eigenvalue weighted by Crippen LogP contribution is 2.19. The molecule has 3 N–H and O–H groups in total. The SMILES string of the molecule is Cl.NC(C(=O)Nc1cccc(OCC(=O)N2CCCC2)c1)c1ccccc1. The minimum absolute atomic E-state index is 0. The molecule has 7 heteroatoms. The standard InChI is InChI=1S/C20H23N3O3.ClH/c21-19(15-7-2-1-3-8-15)20(25)22-16-9-6-10-17(13-16)26-14-18(24)23-11-4-5-12-23;/h1-3,6-10,13,19H,4-5,11-12,14,21H2,(H,22,25);1H. The van der Waals surface area contributed by atoms with Crippen LogP contribution in [0.25, 0.3) is 0 Å². The predicted octanol–water partition coefficient (Wildman–Crippen LogP) is 2.75. The van der Waals surface area contributed by atoms with Crippen molar-refractivity contribution >= 4 is 29.9 Å². The zero-order valence-electron chi connectivity index (χ0n) is 15.0. The first kappa shape index (κ1) is 20.7. The van der Waals surface area contributed by atoms with Crippen molar-refractivity contribution in [1.82, 2.24) is 4.90 Å². The summed E-state index contributed by atoms with van der Waals surface area (Å²) in [5.41, 5.74) is 7.32. The van der Waals surface area contributed by atoms with Crippen molar-refractivity contribution in [3.8, 4) is 5.75 Å². The number of carbonyl (C=O) groups is 2. The second kappa shape index (κ2) is 9.94. The Kier molecular flexibility index (Phi) is 7.64. The molecular weight excluding hydrogens is 366 g/mol. The normalized spacial score (nSPS) is 14.2. The number of nitrogens with zero attached hydrogens (tertiary/aromatic N) is 1. The van der Waals surface area contributed by atoms with Gasteiger partial charge in [0.2, 0.25) is 5.91 Å². The van der Waals surface area contributed by atoms with Gasteiger partial charge in [0, 0.05) is 24.8 Å². The van der Waals surface area contributed by atoms with Crippen molar-refractivity contribution in [2.24, 2.45) is 5.73 Å². The van der Waals surface area contributed by atoms with E-state index in [2.05, 4.69) is 5.32 Å². The van der Waals surface area contributed by atoms with Crippen LogP contribution < -0.4 is 15.8 Å². The maximum atomic E-state index is 12.3.